The van der Waals surface area contributed by atoms with Crippen molar-refractivity contribution in [2.24, 2.45) is 0 Å². The topological polar surface area (TPSA) is 242 Å². The second-order valence-electron chi connectivity index (χ2n) is 9.31. The Morgan fingerprint density at radius 1 is 0.698 bits per heavy atom. The van der Waals surface area contributed by atoms with Gasteiger partial charge in [0.15, 0.2) is 12.6 Å². The molecule has 2 rings (SSSR count). The first kappa shape index (κ1) is 38.1. The van der Waals surface area contributed by atoms with Gasteiger partial charge in [0.1, 0.15) is 48.8 Å². The maximum absolute atomic E-state index is 13.9. The van der Waals surface area contributed by atoms with Gasteiger partial charge in [0.05, 0.1) is 19.8 Å². The molecule has 0 aliphatic carbocycles. The van der Waals surface area contributed by atoms with Crippen LogP contribution in [0.4, 0.5) is 35.1 Å². The standard InChI is InChI=1S/C19H28F8O15S/c20-16(21,17(22,23)42-18(24,25)19(26,27)43(35,36)37)2-1-3-38-14-12(34)10(32)13(7(5-29)40-14)41-15-11(33)9(31)8(30)6(4-28)39-15/h6-15,28-34H,1-5H2,(H,35,36,37)/t6?,7?,8-,9-,10+,11?,12?,13-,14+,15-/m0/s1. The zero-order valence-electron chi connectivity index (χ0n) is 21.2. The molecule has 0 saturated carbocycles. The van der Waals surface area contributed by atoms with E-state index < -0.39 is 128 Å². The maximum atomic E-state index is 13.9. The molecule has 2 saturated heterocycles. The second kappa shape index (κ2) is 13.7. The van der Waals surface area contributed by atoms with Gasteiger partial charge in [0.25, 0.3) is 0 Å². The average molecular weight is 680 g/mol. The number of hydrogen-bond donors (Lipinski definition) is 8. The molecule has 24 heteroatoms. The van der Waals surface area contributed by atoms with Gasteiger partial charge in [-0.05, 0) is 6.42 Å². The Balaban J connectivity index is 2.00. The molecule has 0 radical (unpaired) electrons. The molecule has 0 aromatic carbocycles. The van der Waals surface area contributed by atoms with Crippen molar-refractivity contribution in [2.75, 3.05) is 19.8 Å². The Hall–Kier alpha value is -1.13. The Kier molecular flexibility index (Phi) is 12.1. The molecule has 0 aromatic rings. The number of ether oxygens (including phenoxy) is 5. The summed E-state index contributed by atoms with van der Waals surface area (Å²) < 4.78 is 159. The first-order valence-corrected chi connectivity index (χ1v) is 13.3. The van der Waals surface area contributed by atoms with Crippen LogP contribution in [-0.4, -0.2) is 153 Å². The van der Waals surface area contributed by atoms with Crippen molar-refractivity contribution in [3.8, 4) is 0 Å². The smallest absolute Gasteiger partial charge is 0.394 e. The van der Waals surface area contributed by atoms with Gasteiger partial charge in [-0.3, -0.25) is 4.55 Å². The van der Waals surface area contributed by atoms with Crippen LogP contribution < -0.4 is 0 Å². The van der Waals surface area contributed by atoms with E-state index in [2.05, 4.69) is 4.74 Å². The van der Waals surface area contributed by atoms with E-state index in [4.69, 9.17) is 23.5 Å². The number of rotatable bonds is 14. The van der Waals surface area contributed by atoms with E-state index in [1.54, 1.807) is 0 Å². The summed E-state index contributed by atoms with van der Waals surface area (Å²) in [6, 6.07) is 0. The fourth-order valence-corrected chi connectivity index (χ4v) is 4.12. The van der Waals surface area contributed by atoms with Crippen molar-refractivity contribution in [3.63, 3.8) is 0 Å². The molecule has 0 bridgehead atoms. The van der Waals surface area contributed by atoms with Crippen molar-refractivity contribution < 1.29 is 108 Å². The number of aliphatic hydroxyl groups excluding tert-OH is 7. The number of hydrogen-bond acceptors (Lipinski definition) is 14. The predicted molar refractivity (Wildman–Crippen MR) is 114 cm³/mol. The van der Waals surface area contributed by atoms with Gasteiger partial charge in [-0.15, -0.1) is 0 Å². The van der Waals surface area contributed by atoms with Crippen LogP contribution in [0.3, 0.4) is 0 Å². The van der Waals surface area contributed by atoms with Crippen LogP contribution in [-0.2, 0) is 33.8 Å². The molecule has 2 heterocycles. The monoisotopic (exact) mass is 680 g/mol. The van der Waals surface area contributed by atoms with Gasteiger partial charge in [-0.1, -0.05) is 0 Å². The molecule has 2 aliphatic rings. The lowest BCUT2D eigenvalue weighted by atomic mass is 9.97. The first-order chi connectivity index (χ1) is 19.5. The van der Waals surface area contributed by atoms with Crippen LogP contribution in [0, 0.1) is 0 Å². The van der Waals surface area contributed by atoms with E-state index in [0.717, 1.165) is 0 Å². The Morgan fingerprint density at radius 3 is 1.72 bits per heavy atom. The van der Waals surface area contributed by atoms with Gasteiger partial charge in [-0.2, -0.15) is 43.5 Å². The lowest BCUT2D eigenvalue weighted by Crippen LogP contribution is -2.64. The minimum absolute atomic E-state index is 0.868. The normalized spacial score (nSPS) is 35.3. The third-order valence-electron chi connectivity index (χ3n) is 6.22. The molecule has 256 valence electrons. The van der Waals surface area contributed by atoms with Crippen molar-refractivity contribution >= 4 is 10.1 Å². The van der Waals surface area contributed by atoms with E-state index in [-0.39, 0.29) is 0 Å². The van der Waals surface area contributed by atoms with Gasteiger partial charge in [0, 0.05) is 6.42 Å². The SMILES string of the molecule is O=S(=O)(O)C(F)(F)C(F)(F)OC(F)(F)C(F)(F)CCCO[C@@H]1OC(CO)[C@H](O[C@@H]2OC(CO)[C@H](O)[C@H](O)C2O)[C@H](O)C1O. The molecule has 0 spiro atoms. The average Bonchev–Trinajstić information content (AvgIpc) is 2.88. The van der Waals surface area contributed by atoms with E-state index in [1.807, 2.05) is 0 Å². The van der Waals surface area contributed by atoms with Crippen molar-refractivity contribution in [1.29, 1.82) is 0 Å². The van der Waals surface area contributed by atoms with E-state index in [0.29, 0.717) is 0 Å². The van der Waals surface area contributed by atoms with Gasteiger partial charge >= 0.3 is 33.5 Å². The highest BCUT2D eigenvalue weighted by atomic mass is 32.2. The van der Waals surface area contributed by atoms with Crippen molar-refractivity contribution in [1.82, 2.24) is 0 Å². The van der Waals surface area contributed by atoms with Gasteiger partial charge < -0.3 is 54.7 Å². The van der Waals surface area contributed by atoms with Crippen molar-refractivity contribution in [3.05, 3.63) is 0 Å². The largest absolute Gasteiger partial charge is 0.460 e. The third kappa shape index (κ3) is 8.00. The van der Waals surface area contributed by atoms with E-state index in [1.165, 1.54) is 0 Å². The molecule has 15 nitrogen and oxygen atoms in total. The van der Waals surface area contributed by atoms with Crippen LogP contribution >= 0.6 is 0 Å². The highest BCUT2D eigenvalue weighted by molar-refractivity contribution is 7.86. The molecule has 4 unspecified atom stereocenters. The van der Waals surface area contributed by atoms with Crippen LogP contribution in [0.2, 0.25) is 0 Å². The summed E-state index contributed by atoms with van der Waals surface area (Å²) in [5.41, 5.74) is 0. The predicted octanol–water partition coefficient (Wildman–Crippen LogP) is -2.27. The molecule has 0 aromatic heterocycles. The van der Waals surface area contributed by atoms with Crippen LogP contribution in [0.15, 0.2) is 0 Å². The maximum Gasteiger partial charge on any atom is 0.460 e. The summed E-state index contributed by atoms with van der Waals surface area (Å²) in [7, 11) is -7.09. The third-order valence-corrected chi connectivity index (χ3v) is 7.11. The Labute approximate surface area is 235 Å². The molecular weight excluding hydrogens is 652 g/mol. The minimum atomic E-state index is -7.09. The highest BCUT2D eigenvalue weighted by Crippen LogP contribution is 2.48. The van der Waals surface area contributed by atoms with Gasteiger partial charge in [0.2, 0.25) is 0 Å². The lowest BCUT2D eigenvalue weighted by Gasteiger charge is -2.45. The molecule has 8 N–H and O–H groups in total. The summed E-state index contributed by atoms with van der Waals surface area (Å²) in [6.45, 7) is -2.99. The Morgan fingerprint density at radius 2 is 1.21 bits per heavy atom. The van der Waals surface area contributed by atoms with E-state index >= 15 is 0 Å². The summed E-state index contributed by atoms with van der Waals surface area (Å²) in [5.74, 6) is -5.68. The number of aliphatic hydroxyl groups is 7. The van der Waals surface area contributed by atoms with E-state index in [9.17, 15) is 79.3 Å². The summed E-state index contributed by atoms with van der Waals surface area (Å²) in [5, 5.41) is 62.5. The highest BCUT2D eigenvalue weighted by Gasteiger charge is 2.73. The first-order valence-electron chi connectivity index (χ1n) is 11.8. The van der Waals surface area contributed by atoms with Crippen LogP contribution in [0.25, 0.3) is 0 Å². The van der Waals surface area contributed by atoms with Gasteiger partial charge in [-0.25, -0.2) is 4.74 Å². The molecular formula is C19H28F8O15S. The molecule has 2 fully saturated rings. The molecule has 43 heavy (non-hydrogen) atoms. The lowest BCUT2D eigenvalue weighted by molar-refractivity contribution is -0.456. The zero-order chi connectivity index (χ0) is 33.3. The summed E-state index contributed by atoms with van der Waals surface area (Å²) in [6.07, 6.45) is -35.4. The minimum Gasteiger partial charge on any atom is -0.394 e. The summed E-state index contributed by atoms with van der Waals surface area (Å²) in [4.78, 5) is 0. The molecule has 0 amide bonds. The number of halogens is 8. The molecule has 2 aliphatic heterocycles. The molecule has 10 atom stereocenters. The quantitative estimate of drug-likeness (QED) is 0.0548. The van der Waals surface area contributed by atoms with Crippen molar-refractivity contribution in [2.45, 2.75) is 97.6 Å². The van der Waals surface area contributed by atoms with Crippen LogP contribution in [0.5, 0.6) is 0 Å². The fourth-order valence-electron chi connectivity index (χ4n) is 3.78. The zero-order valence-corrected chi connectivity index (χ0v) is 22.0. The summed E-state index contributed by atoms with van der Waals surface area (Å²) >= 11 is 0. The Bertz CT molecular complexity index is 1020. The second-order valence-corrected chi connectivity index (χ2v) is 10.8. The van der Waals surface area contributed by atoms with Crippen LogP contribution in [0.1, 0.15) is 12.8 Å². The fraction of sp³-hybridized carbons (Fsp3) is 1.00. The number of alkyl halides is 8.